The summed E-state index contributed by atoms with van der Waals surface area (Å²) in [4.78, 5) is 12.0. The van der Waals surface area contributed by atoms with E-state index in [9.17, 15) is 9.18 Å². The number of rotatable bonds is 5. The zero-order valence-corrected chi connectivity index (χ0v) is 11.4. The number of nitrogens with two attached hydrogens (primary N) is 1. The maximum atomic E-state index is 13.5. The molecule has 3 N–H and O–H groups in total. The van der Waals surface area contributed by atoms with Crippen molar-refractivity contribution in [1.82, 2.24) is 5.32 Å². The SMILES string of the molecule is CC(CC(N)=S)NC(=O)Cc1c(F)cccc1Cl. The molecule has 0 radical (unpaired) electrons. The Hall–Kier alpha value is -1.20. The fraction of sp³-hybridized carbons (Fsp3) is 0.333. The Labute approximate surface area is 115 Å². The number of hydrogen-bond acceptors (Lipinski definition) is 2. The first kappa shape index (κ1) is 14.9. The van der Waals surface area contributed by atoms with Crippen LogP contribution in [0.1, 0.15) is 18.9 Å². The van der Waals surface area contributed by atoms with Gasteiger partial charge in [-0.2, -0.15) is 0 Å². The lowest BCUT2D eigenvalue weighted by Crippen LogP contribution is -2.36. The average Bonchev–Trinajstić information content (AvgIpc) is 2.22. The van der Waals surface area contributed by atoms with Gasteiger partial charge in [0.05, 0.1) is 11.4 Å². The molecular formula is C12H14ClFN2OS. The number of hydrogen-bond donors (Lipinski definition) is 2. The van der Waals surface area contributed by atoms with Crippen LogP contribution in [0.15, 0.2) is 18.2 Å². The Morgan fingerprint density at radius 1 is 1.61 bits per heavy atom. The Bertz CT molecular complexity index is 447. The number of amides is 1. The molecule has 0 saturated heterocycles. The van der Waals surface area contributed by atoms with Gasteiger partial charge in [-0.1, -0.05) is 29.9 Å². The van der Waals surface area contributed by atoms with Crippen LogP contribution in [0.5, 0.6) is 0 Å². The minimum absolute atomic E-state index is 0.104. The molecule has 0 aromatic heterocycles. The van der Waals surface area contributed by atoms with E-state index in [0.717, 1.165) is 0 Å². The van der Waals surface area contributed by atoms with Gasteiger partial charge in [0.1, 0.15) is 5.82 Å². The van der Waals surface area contributed by atoms with Gasteiger partial charge >= 0.3 is 0 Å². The second kappa shape index (κ2) is 6.66. The molecule has 18 heavy (non-hydrogen) atoms. The van der Waals surface area contributed by atoms with E-state index < -0.39 is 5.82 Å². The van der Waals surface area contributed by atoms with Crippen LogP contribution in [0.3, 0.4) is 0 Å². The monoisotopic (exact) mass is 288 g/mol. The van der Waals surface area contributed by atoms with Crippen LogP contribution in [-0.2, 0) is 11.2 Å². The van der Waals surface area contributed by atoms with Crippen molar-refractivity contribution in [2.45, 2.75) is 25.8 Å². The summed E-state index contributed by atoms with van der Waals surface area (Å²) in [5, 5.41) is 2.93. The number of halogens is 2. The lowest BCUT2D eigenvalue weighted by Gasteiger charge is -2.13. The van der Waals surface area contributed by atoms with Gasteiger partial charge in [0, 0.05) is 23.0 Å². The zero-order chi connectivity index (χ0) is 13.7. The van der Waals surface area contributed by atoms with Crippen LogP contribution >= 0.6 is 23.8 Å². The van der Waals surface area contributed by atoms with Crippen molar-refractivity contribution in [2.75, 3.05) is 0 Å². The summed E-state index contributed by atoms with van der Waals surface area (Å²) in [6.07, 6.45) is 0.305. The molecule has 0 heterocycles. The van der Waals surface area contributed by atoms with Crippen molar-refractivity contribution in [3.63, 3.8) is 0 Å². The van der Waals surface area contributed by atoms with Crippen molar-refractivity contribution in [3.05, 3.63) is 34.6 Å². The van der Waals surface area contributed by atoms with Gasteiger partial charge < -0.3 is 11.1 Å². The highest BCUT2D eigenvalue weighted by atomic mass is 35.5. The lowest BCUT2D eigenvalue weighted by atomic mass is 10.1. The molecule has 0 spiro atoms. The highest BCUT2D eigenvalue weighted by molar-refractivity contribution is 7.80. The maximum Gasteiger partial charge on any atom is 0.224 e. The van der Waals surface area contributed by atoms with E-state index in [1.165, 1.54) is 12.1 Å². The van der Waals surface area contributed by atoms with E-state index >= 15 is 0 Å². The van der Waals surface area contributed by atoms with E-state index in [1.54, 1.807) is 13.0 Å². The normalized spacial score (nSPS) is 11.9. The molecule has 1 rings (SSSR count). The lowest BCUT2D eigenvalue weighted by molar-refractivity contribution is -0.121. The van der Waals surface area contributed by atoms with Crippen molar-refractivity contribution >= 4 is 34.7 Å². The summed E-state index contributed by atoms with van der Waals surface area (Å²) in [6, 6.07) is 4.13. The van der Waals surface area contributed by atoms with Crippen molar-refractivity contribution in [3.8, 4) is 0 Å². The Kier molecular flexibility index (Phi) is 5.50. The van der Waals surface area contributed by atoms with Gasteiger partial charge in [-0.15, -0.1) is 0 Å². The topological polar surface area (TPSA) is 55.1 Å². The molecule has 0 aliphatic heterocycles. The smallest absolute Gasteiger partial charge is 0.224 e. The molecule has 0 saturated carbocycles. The third-order valence-corrected chi connectivity index (χ3v) is 2.83. The van der Waals surface area contributed by atoms with Crippen LogP contribution < -0.4 is 11.1 Å². The first-order valence-corrected chi connectivity index (χ1v) is 6.19. The molecule has 98 valence electrons. The number of thiocarbonyl (C=S) groups is 1. The summed E-state index contributed by atoms with van der Waals surface area (Å²) < 4.78 is 13.5. The molecule has 0 fully saturated rings. The number of carbonyl (C=O) groups is 1. The first-order valence-electron chi connectivity index (χ1n) is 5.40. The molecule has 1 amide bonds. The molecule has 1 unspecified atom stereocenters. The van der Waals surface area contributed by atoms with Crippen LogP contribution in [0.25, 0.3) is 0 Å². The van der Waals surface area contributed by atoms with Crippen LogP contribution in [0, 0.1) is 5.82 Å². The maximum absolute atomic E-state index is 13.5. The molecule has 1 aromatic rings. The average molecular weight is 289 g/mol. The highest BCUT2D eigenvalue weighted by Gasteiger charge is 2.13. The van der Waals surface area contributed by atoms with Gasteiger partial charge in [-0.3, -0.25) is 4.79 Å². The molecule has 0 bridgehead atoms. The van der Waals surface area contributed by atoms with E-state index in [2.05, 4.69) is 5.32 Å². The van der Waals surface area contributed by atoms with Gasteiger partial charge in [0.25, 0.3) is 0 Å². The van der Waals surface area contributed by atoms with Crippen molar-refractivity contribution < 1.29 is 9.18 Å². The third-order valence-electron chi connectivity index (χ3n) is 2.31. The first-order chi connectivity index (χ1) is 8.40. The standard InChI is InChI=1S/C12H14ClFN2OS/c1-7(5-11(15)18)16-12(17)6-8-9(13)3-2-4-10(8)14/h2-4,7H,5-6H2,1H3,(H2,15,18)(H,16,17). The molecular weight excluding hydrogens is 275 g/mol. The second-order valence-electron chi connectivity index (χ2n) is 4.02. The number of carbonyl (C=O) groups excluding carboxylic acids is 1. The fourth-order valence-electron chi connectivity index (χ4n) is 1.54. The van der Waals surface area contributed by atoms with Crippen molar-refractivity contribution in [1.29, 1.82) is 0 Å². The largest absolute Gasteiger partial charge is 0.393 e. The van der Waals surface area contributed by atoms with Gasteiger partial charge in [0.15, 0.2) is 0 Å². The third kappa shape index (κ3) is 4.58. The summed E-state index contributed by atoms with van der Waals surface area (Å²) >= 11 is 10.6. The predicted octanol–water partition coefficient (Wildman–Crippen LogP) is 2.20. The Balaban J connectivity index is 2.62. The van der Waals surface area contributed by atoms with E-state index in [4.69, 9.17) is 29.6 Å². The zero-order valence-electron chi connectivity index (χ0n) is 9.87. The fourth-order valence-corrected chi connectivity index (χ4v) is 2.02. The molecule has 0 aliphatic rings. The molecule has 1 aromatic carbocycles. The van der Waals surface area contributed by atoms with Crippen LogP contribution in [-0.4, -0.2) is 16.9 Å². The second-order valence-corrected chi connectivity index (χ2v) is 4.95. The van der Waals surface area contributed by atoms with Gasteiger partial charge in [0.2, 0.25) is 5.91 Å². The van der Waals surface area contributed by atoms with Gasteiger partial charge in [-0.05, 0) is 19.1 Å². The van der Waals surface area contributed by atoms with Crippen molar-refractivity contribution in [2.24, 2.45) is 5.73 Å². The molecule has 0 aliphatic carbocycles. The minimum Gasteiger partial charge on any atom is -0.393 e. The van der Waals surface area contributed by atoms with Gasteiger partial charge in [-0.25, -0.2) is 4.39 Å². The molecule has 3 nitrogen and oxygen atoms in total. The van der Waals surface area contributed by atoms with E-state index in [1.807, 2.05) is 0 Å². The Morgan fingerprint density at radius 3 is 2.83 bits per heavy atom. The summed E-state index contributed by atoms with van der Waals surface area (Å²) in [5.41, 5.74) is 5.56. The highest BCUT2D eigenvalue weighted by Crippen LogP contribution is 2.19. The Morgan fingerprint density at radius 2 is 2.28 bits per heavy atom. The molecule has 6 heteroatoms. The molecule has 1 atom stereocenters. The summed E-state index contributed by atoms with van der Waals surface area (Å²) in [6.45, 7) is 1.78. The van der Waals surface area contributed by atoms with E-state index in [-0.39, 0.29) is 29.0 Å². The number of nitrogens with one attached hydrogen (secondary N) is 1. The van der Waals surface area contributed by atoms with Crippen LogP contribution in [0.2, 0.25) is 5.02 Å². The quantitative estimate of drug-likeness (QED) is 0.817. The van der Waals surface area contributed by atoms with Crippen LogP contribution in [0.4, 0.5) is 4.39 Å². The summed E-state index contributed by atoms with van der Waals surface area (Å²) in [5.74, 6) is -0.801. The summed E-state index contributed by atoms with van der Waals surface area (Å²) in [7, 11) is 0. The number of benzene rings is 1. The predicted molar refractivity (Wildman–Crippen MR) is 74.1 cm³/mol. The van der Waals surface area contributed by atoms with E-state index in [0.29, 0.717) is 11.4 Å². The minimum atomic E-state index is -0.486.